The van der Waals surface area contributed by atoms with Crippen molar-refractivity contribution in [2.75, 3.05) is 13.2 Å². The fourth-order valence-electron chi connectivity index (χ4n) is 1.78. The maximum atomic E-state index is 5.57. The molecule has 0 radical (unpaired) electrons. The highest BCUT2D eigenvalue weighted by Crippen LogP contribution is 2.07. The Labute approximate surface area is 117 Å². The van der Waals surface area contributed by atoms with Crippen molar-refractivity contribution in [2.24, 2.45) is 0 Å². The number of unbranched alkanes of at least 4 members (excludes halogenated alkanes) is 4. The third-order valence-electron chi connectivity index (χ3n) is 2.91. The molecule has 1 aromatic rings. The summed E-state index contributed by atoms with van der Waals surface area (Å²) in [6.45, 7) is 6.90. The fourth-order valence-corrected chi connectivity index (χ4v) is 1.78. The van der Waals surface area contributed by atoms with Crippen LogP contribution in [0.15, 0.2) is 12.4 Å². The van der Waals surface area contributed by atoms with Crippen LogP contribution in [-0.4, -0.2) is 23.1 Å². The van der Waals surface area contributed by atoms with Crippen molar-refractivity contribution in [2.45, 2.75) is 58.9 Å². The number of hydrogen-bond donors (Lipinski definition) is 1. The topological polar surface area (TPSA) is 47.0 Å². The number of aromatic nitrogens is 2. The smallest absolute Gasteiger partial charge is 0.232 e. The summed E-state index contributed by atoms with van der Waals surface area (Å²) in [5.41, 5.74) is 0.962. The van der Waals surface area contributed by atoms with E-state index in [1.165, 1.54) is 25.7 Å². The van der Waals surface area contributed by atoms with Crippen LogP contribution in [0.3, 0.4) is 0 Å². The molecule has 0 aliphatic heterocycles. The zero-order valence-corrected chi connectivity index (χ0v) is 12.3. The molecule has 0 aliphatic carbocycles. The summed E-state index contributed by atoms with van der Waals surface area (Å²) in [6.07, 6.45) is 10.9. The lowest BCUT2D eigenvalue weighted by atomic mass is 10.2. The van der Waals surface area contributed by atoms with Gasteiger partial charge in [0.25, 0.3) is 0 Å². The van der Waals surface area contributed by atoms with E-state index in [0.717, 1.165) is 38.2 Å². The minimum atomic E-state index is 0.634. The lowest BCUT2D eigenvalue weighted by molar-refractivity contribution is 0.292. The summed E-state index contributed by atoms with van der Waals surface area (Å²) in [7, 11) is 0. The van der Waals surface area contributed by atoms with E-state index in [0.29, 0.717) is 5.88 Å². The van der Waals surface area contributed by atoms with Gasteiger partial charge in [0.15, 0.2) is 0 Å². The zero-order valence-electron chi connectivity index (χ0n) is 12.3. The lowest BCUT2D eigenvalue weighted by Crippen LogP contribution is -2.15. The number of hydrogen-bond acceptors (Lipinski definition) is 4. The van der Waals surface area contributed by atoms with Crippen LogP contribution >= 0.6 is 0 Å². The van der Waals surface area contributed by atoms with Gasteiger partial charge in [-0.25, -0.2) is 4.98 Å². The summed E-state index contributed by atoms with van der Waals surface area (Å²) in [4.78, 5) is 8.60. The molecule has 0 atom stereocenters. The van der Waals surface area contributed by atoms with Gasteiger partial charge in [-0.05, 0) is 19.4 Å². The molecule has 1 heterocycles. The molecule has 0 bridgehead atoms. The average molecular weight is 265 g/mol. The Hall–Kier alpha value is -1.16. The summed E-state index contributed by atoms with van der Waals surface area (Å²) in [5.74, 6) is 0.634. The molecule has 0 saturated heterocycles. The second-order valence-corrected chi connectivity index (χ2v) is 4.79. The van der Waals surface area contributed by atoms with Crippen LogP contribution in [0.2, 0.25) is 0 Å². The van der Waals surface area contributed by atoms with E-state index in [1.807, 2.05) is 0 Å². The Morgan fingerprint density at radius 3 is 2.53 bits per heavy atom. The summed E-state index contributed by atoms with van der Waals surface area (Å²) >= 11 is 0. The molecule has 4 nitrogen and oxygen atoms in total. The summed E-state index contributed by atoms with van der Waals surface area (Å²) < 4.78 is 5.57. The van der Waals surface area contributed by atoms with Gasteiger partial charge in [0.05, 0.1) is 24.7 Å². The number of nitrogens with one attached hydrogen (secondary N) is 1. The molecule has 0 fully saturated rings. The minimum Gasteiger partial charge on any atom is -0.477 e. The van der Waals surface area contributed by atoms with Gasteiger partial charge < -0.3 is 10.1 Å². The molecule has 0 aromatic carbocycles. The molecule has 0 unspecified atom stereocenters. The molecule has 1 rings (SSSR count). The molecular weight excluding hydrogens is 238 g/mol. The normalized spacial score (nSPS) is 10.6. The van der Waals surface area contributed by atoms with Gasteiger partial charge in [-0.2, -0.15) is 0 Å². The van der Waals surface area contributed by atoms with Crippen molar-refractivity contribution in [3.8, 4) is 5.88 Å². The molecule has 1 N–H and O–H groups in total. The molecule has 0 saturated carbocycles. The third kappa shape index (κ3) is 7.78. The Balaban J connectivity index is 2.13. The van der Waals surface area contributed by atoms with E-state index in [1.54, 1.807) is 12.4 Å². The maximum Gasteiger partial charge on any atom is 0.232 e. The monoisotopic (exact) mass is 265 g/mol. The van der Waals surface area contributed by atoms with Crippen molar-refractivity contribution >= 4 is 0 Å². The largest absolute Gasteiger partial charge is 0.477 e. The first kappa shape index (κ1) is 15.9. The molecule has 4 heteroatoms. The van der Waals surface area contributed by atoms with E-state index < -0.39 is 0 Å². The summed E-state index contributed by atoms with van der Waals surface area (Å²) in [5, 5.41) is 3.30. The molecule has 0 amide bonds. The molecule has 1 aromatic heterocycles. The van der Waals surface area contributed by atoms with Crippen molar-refractivity contribution in [1.29, 1.82) is 0 Å². The van der Waals surface area contributed by atoms with Crippen LogP contribution in [0, 0.1) is 0 Å². The van der Waals surface area contributed by atoms with Crippen molar-refractivity contribution in [3.05, 3.63) is 18.1 Å². The van der Waals surface area contributed by atoms with Gasteiger partial charge in [0.1, 0.15) is 0 Å². The van der Waals surface area contributed by atoms with E-state index in [2.05, 4.69) is 29.1 Å². The molecule has 0 spiro atoms. The average Bonchev–Trinajstić information content (AvgIpc) is 2.44. The van der Waals surface area contributed by atoms with Crippen LogP contribution in [0.25, 0.3) is 0 Å². The van der Waals surface area contributed by atoms with Crippen LogP contribution in [-0.2, 0) is 6.54 Å². The second-order valence-electron chi connectivity index (χ2n) is 4.79. The van der Waals surface area contributed by atoms with Crippen LogP contribution in [0.4, 0.5) is 0 Å². The number of nitrogens with zero attached hydrogens (tertiary/aromatic N) is 2. The number of ether oxygens (including phenoxy) is 1. The van der Waals surface area contributed by atoms with E-state index in [9.17, 15) is 0 Å². The van der Waals surface area contributed by atoms with Gasteiger partial charge in [0, 0.05) is 6.54 Å². The Morgan fingerprint density at radius 2 is 1.84 bits per heavy atom. The van der Waals surface area contributed by atoms with Gasteiger partial charge in [-0.3, -0.25) is 4.98 Å². The van der Waals surface area contributed by atoms with E-state index >= 15 is 0 Å². The first-order valence-electron chi connectivity index (χ1n) is 7.51. The summed E-state index contributed by atoms with van der Waals surface area (Å²) in [6, 6.07) is 0. The quantitative estimate of drug-likeness (QED) is 0.623. The molecule has 19 heavy (non-hydrogen) atoms. The van der Waals surface area contributed by atoms with Crippen LogP contribution in [0.5, 0.6) is 5.88 Å². The Morgan fingerprint density at radius 1 is 1.00 bits per heavy atom. The van der Waals surface area contributed by atoms with Crippen molar-refractivity contribution < 1.29 is 4.74 Å². The highest BCUT2D eigenvalue weighted by molar-refractivity contribution is 5.06. The Kier molecular flexibility index (Phi) is 8.98. The van der Waals surface area contributed by atoms with Crippen molar-refractivity contribution in [3.63, 3.8) is 0 Å². The second kappa shape index (κ2) is 10.7. The van der Waals surface area contributed by atoms with E-state index in [4.69, 9.17) is 4.74 Å². The van der Waals surface area contributed by atoms with E-state index in [-0.39, 0.29) is 0 Å². The number of rotatable bonds is 11. The highest BCUT2D eigenvalue weighted by Gasteiger charge is 1.98. The van der Waals surface area contributed by atoms with Gasteiger partial charge >= 0.3 is 0 Å². The molecule has 0 aliphatic rings. The SMILES string of the molecule is CCCCCCCOc1cnc(CNCCC)cn1. The molecule has 108 valence electrons. The first-order chi connectivity index (χ1) is 9.36. The zero-order chi connectivity index (χ0) is 13.8. The third-order valence-corrected chi connectivity index (χ3v) is 2.91. The predicted molar refractivity (Wildman–Crippen MR) is 78.3 cm³/mol. The predicted octanol–water partition coefficient (Wildman–Crippen LogP) is 3.33. The maximum absolute atomic E-state index is 5.57. The fraction of sp³-hybridized carbons (Fsp3) is 0.733. The van der Waals surface area contributed by atoms with Crippen molar-refractivity contribution in [1.82, 2.24) is 15.3 Å². The van der Waals surface area contributed by atoms with Gasteiger partial charge in [-0.1, -0.05) is 39.5 Å². The Bertz CT molecular complexity index is 314. The van der Waals surface area contributed by atoms with Gasteiger partial charge in [-0.15, -0.1) is 0 Å². The van der Waals surface area contributed by atoms with Crippen LogP contribution < -0.4 is 10.1 Å². The standard InChI is InChI=1S/C15H27N3O/c1-3-5-6-7-8-10-19-15-13-17-14(12-18-15)11-16-9-4-2/h12-13,16H,3-11H2,1-2H3. The minimum absolute atomic E-state index is 0.634. The first-order valence-corrected chi connectivity index (χ1v) is 7.51. The highest BCUT2D eigenvalue weighted by atomic mass is 16.5. The lowest BCUT2D eigenvalue weighted by Gasteiger charge is -2.06. The van der Waals surface area contributed by atoms with Crippen LogP contribution in [0.1, 0.15) is 58.1 Å². The van der Waals surface area contributed by atoms with Gasteiger partial charge in [0.2, 0.25) is 5.88 Å². The molecular formula is C15H27N3O.